The number of nitrogens with zero attached hydrogens (tertiary/aromatic N) is 2. The molecule has 0 aliphatic rings. The van der Waals surface area contributed by atoms with Crippen molar-refractivity contribution in [3.05, 3.63) is 50.8 Å². The van der Waals surface area contributed by atoms with Crippen molar-refractivity contribution in [3.8, 4) is 11.3 Å². The van der Waals surface area contributed by atoms with Crippen LogP contribution in [0.5, 0.6) is 0 Å². The maximum atomic E-state index is 12.0. The number of benzene rings is 1. The highest BCUT2D eigenvalue weighted by Gasteiger charge is 2.17. The number of carbonyl (C=O) groups is 2. The molecule has 0 unspecified atom stereocenters. The molecule has 0 spiro atoms. The molecule has 6 nitrogen and oxygen atoms in total. The molecule has 0 saturated heterocycles. The van der Waals surface area contributed by atoms with Crippen molar-refractivity contribution in [2.75, 3.05) is 11.9 Å². The number of rotatable bonds is 5. The summed E-state index contributed by atoms with van der Waals surface area (Å²) in [6.07, 6.45) is 0. The number of amides is 1. The number of ether oxygens (including phenoxy) is 1. The third-order valence-corrected chi connectivity index (χ3v) is 5.33. The summed E-state index contributed by atoms with van der Waals surface area (Å²) in [5, 5.41) is 5.77. The summed E-state index contributed by atoms with van der Waals surface area (Å²) in [5.74, 6) is -0.968. The molecule has 0 aliphatic carbocycles. The van der Waals surface area contributed by atoms with Crippen LogP contribution < -0.4 is 5.32 Å². The first-order valence-corrected chi connectivity index (χ1v) is 9.55. The van der Waals surface area contributed by atoms with Crippen LogP contribution in [0, 0.1) is 20.8 Å². The smallest absolute Gasteiger partial charge is 0.350 e. The Balaban J connectivity index is 1.56. The third-order valence-electron chi connectivity index (χ3n) is 3.52. The predicted molar refractivity (Wildman–Crippen MR) is 103 cm³/mol. The fraction of sp³-hybridized carbons (Fsp3) is 0.222. The van der Waals surface area contributed by atoms with E-state index in [2.05, 4.69) is 15.3 Å². The zero-order chi connectivity index (χ0) is 18.7. The molecule has 26 heavy (non-hydrogen) atoms. The Labute approximate surface area is 158 Å². The third kappa shape index (κ3) is 4.33. The second-order valence-electron chi connectivity index (χ2n) is 5.68. The Morgan fingerprint density at radius 1 is 1.12 bits per heavy atom. The molecule has 0 saturated carbocycles. The number of hydrogen-bond acceptors (Lipinski definition) is 7. The SMILES string of the molecule is Cc1ccc(-c2csc(NC(=O)COC(=O)c3sc(C)nc3C)n2)cc1. The van der Waals surface area contributed by atoms with E-state index < -0.39 is 11.9 Å². The van der Waals surface area contributed by atoms with Gasteiger partial charge in [-0.3, -0.25) is 10.1 Å². The molecule has 0 fully saturated rings. The monoisotopic (exact) mass is 387 g/mol. The molecule has 0 bridgehead atoms. The van der Waals surface area contributed by atoms with Crippen LogP contribution in [0.15, 0.2) is 29.6 Å². The highest BCUT2D eigenvalue weighted by Crippen LogP contribution is 2.25. The Kier molecular flexibility index (Phi) is 5.43. The van der Waals surface area contributed by atoms with Crippen molar-refractivity contribution in [1.29, 1.82) is 0 Å². The highest BCUT2D eigenvalue weighted by atomic mass is 32.1. The van der Waals surface area contributed by atoms with Crippen LogP contribution in [0.1, 0.15) is 25.9 Å². The molecule has 0 aliphatic heterocycles. The Morgan fingerprint density at radius 3 is 2.50 bits per heavy atom. The second-order valence-corrected chi connectivity index (χ2v) is 7.74. The molecule has 3 rings (SSSR count). The van der Waals surface area contributed by atoms with E-state index in [4.69, 9.17) is 4.74 Å². The minimum absolute atomic E-state index is 0.366. The van der Waals surface area contributed by atoms with E-state index in [0.29, 0.717) is 15.7 Å². The van der Waals surface area contributed by atoms with E-state index in [-0.39, 0.29) is 6.61 Å². The second kappa shape index (κ2) is 7.76. The molecule has 2 heterocycles. The number of carbonyl (C=O) groups excluding carboxylic acids is 2. The summed E-state index contributed by atoms with van der Waals surface area (Å²) in [4.78, 5) is 33.0. The molecular weight excluding hydrogens is 370 g/mol. The van der Waals surface area contributed by atoms with Gasteiger partial charge >= 0.3 is 5.97 Å². The van der Waals surface area contributed by atoms with Crippen LogP contribution in [-0.2, 0) is 9.53 Å². The number of aromatic nitrogens is 2. The lowest BCUT2D eigenvalue weighted by Crippen LogP contribution is -2.20. The van der Waals surface area contributed by atoms with Crippen molar-refractivity contribution < 1.29 is 14.3 Å². The van der Waals surface area contributed by atoms with Gasteiger partial charge in [-0.15, -0.1) is 22.7 Å². The van der Waals surface area contributed by atoms with E-state index in [9.17, 15) is 9.59 Å². The van der Waals surface area contributed by atoms with Gasteiger partial charge < -0.3 is 4.74 Å². The molecule has 1 amide bonds. The summed E-state index contributed by atoms with van der Waals surface area (Å²) in [5.41, 5.74) is 3.55. The lowest BCUT2D eigenvalue weighted by molar-refractivity contribution is -0.119. The van der Waals surface area contributed by atoms with Gasteiger partial charge in [0.2, 0.25) is 0 Å². The molecule has 134 valence electrons. The highest BCUT2D eigenvalue weighted by molar-refractivity contribution is 7.14. The largest absolute Gasteiger partial charge is 0.451 e. The minimum atomic E-state index is -0.539. The Hall–Kier alpha value is -2.58. The molecular formula is C18H17N3O3S2. The van der Waals surface area contributed by atoms with E-state index in [1.165, 1.54) is 28.2 Å². The average molecular weight is 387 g/mol. The fourth-order valence-electron chi connectivity index (χ4n) is 2.26. The van der Waals surface area contributed by atoms with Crippen molar-refractivity contribution in [3.63, 3.8) is 0 Å². The zero-order valence-electron chi connectivity index (χ0n) is 14.5. The van der Waals surface area contributed by atoms with E-state index in [0.717, 1.165) is 16.3 Å². The Morgan fingerprint density at radius 2 is 1.85 bits per heavy atom. The Bertz CT molecular complexity index is 945. The molecule has 1 N–H and O–H groups in total. The maximum absolute atomic E-state index is 12.0. The molecule has 2 aromatic heterocycles. The zero-order valence-corrected chi connectivity index (χ0v) is 16.2. The van der Waals surface area contributed by atoms with E-state index >= 15 is 0 Å². The first-order valence-electron chi connectivity index (χ1n) is 7.86. The van der Waals surface area contributed by atoms with Crippen LogP contribution in [0.4, 0.5) is 5.13 Å². The normalized spacial score (nSPS) is 10.6. The summed E-state index contributed by atoms with van der Waals surface area (Å²) >= 11 is 2.57. The molecule has 8 heteroatoms. The van der Waals surface area contributed by atoms with Gasteiger partial charge in [0.15, 0.2) is 11.7 Å². The quantitative estimate of drug-likeness (QED) is 0.670. The minimum Gasteiger partial charge on any atom is -0.451 e. The fourth-order valence-corrected chi connectivity index (χ4v) is 3.81. The maximum Gasteiger partial charge on any atom is 0.350 e. The molecule has 3 aromatic rings. The van der Waals surface area contributed by atoms with Crippen LogP contribution in [0.3, 0.4) is 0 Å². The van der Waals surface area contributed by atoms with Crippen LogP contribution >= 0.6 is 22.7 Å². The number of anilines is 1. The number of hydrogen-bond donors (Lipinski definition) is 1. The van der Waals surface area contributed by atoms with Crippen LogP contribution in [0.2, 0.25) is 0 Å². The van der Waals surface area contributed by atoms with Gasteiger partial charge in [-0.05, 0) is 20.8 Å². The first-order chi connectivity index (χ1) is 12.4. The van der Waals surface area contributed by atoms with Crippen molar-refractivity contribution in [1.82, 2.24) is 9.97 Å². The number of nitrogens with one attached hydrogen (secondary N) is 1. The summed E-state index contributed by atoms with van der Waals surface area (Å²) in [6.45, 7) is 5.21. The lowest BCUT2D eigenvalue weighted by Gasteiger charge is -2.03. The van der Waals surface area contributed by atoms with Crippen LogP contribution in [0.25, 0.3) is 11.3 Å². The van der Waals surface area contributed by atoms with Gasteiger partial charge in [0.25, 0.3) is 5.91 Å². The number of esters is 1. The van der Waals surface area contributed by atoms with Gasteiger partial charge in [0.1, 0.15) is 4.88 Å². The van der Waals surface area contributed by atoms with Crippen molar-refractivity contribution in [2.45, 2.75) is 20.8 Å². The summed E-state index contributed by atoms with van der Waals surface area (Å²) < 4.78 is 5.06. The van der Waals surface area contributed by atoms with E-state index in [1.54, 1.807) is 6.92 Å². The molecule has 0 atom stereocenters. The van der Waals surface area contributed by atoms with Crippen molar-refractivity contribution in [2.24, 2.45) is 0 Å². The van der Waals surface area contributed by atoms with Gasteiger partial charge in [-0.25, -0.2) is 14.8 Å². The molecule has 0 radical (unpaired) electrons. The number of thiazole rings is 2. The summed E-state index contributed by atoms with van der Waals surface area (Å²) in [6, 6.07) is 7.99. The van der Waals surface area contributed by atoms with Crippen LogP contribution in [-0.4, -0.2) is 28.5 Å². The topological polar surface area (TPSA) is 81.2 Å². The average Bonchev–Trinajstić information content (AvgIpc) is 3.19. The van der Waals surface area contributed by atoms with Crippen molar-refractivity contribution >= 4 is 39.7 Å². The van der Waals surface area contributed by atoms with Gasteiger partial charge in [-0.2, -0.15) is 0 Å². The van der Waals surface area contributed by atoms with Gasteiger partial charge in [-0.1, -0.05) is 29.8 Å². The molecule has 1 aromatic carbocycles. The number of aryl methyl sites for hydroxylation is 3. The standard InChI is InChI=1S/C18H17N3O3S2/c1-10-4-6-13(7-5-10)14-9-25-18(20-14)21-15(22)8-24-17(23)16-11(2)19-12(3)26-16/h4-7,9H,8H2,1-3H3,(H,20,21,22). The predicted octanol–water partition coefficient (Wildman–Crippen LogP) is 3.99. The van der Waals surface area contributed by atoms with E-state index in [1.807, 2.05) is 43.5 Å². The first kappa shape index (κ1) is 18.2. The lowest BCUT2D eigenvalue weighted by atomic mass is 10.1. The summed E-state index contributed by atoms with van der Waals surface area (Å²) in [7, 11) is 0. The van der Waals surface area contributed by atoms with Gasteiger partial charge in [0, 0.05) is 10.9 Å². The van der Waals surface area contributed by atoms with Gasteiger partial charge in [0.05, 0.1) is 16.4 Å².